The summed E-state index contributed by atoms with van der Waals surface area (Å²) in [6.07, 6.45) is 1.29. The molecule has 0 aromatic carbocycles. The van der Waals surface area contributed by atoms with Crippen LogP contribution in [0.15, 0.2) is 0 Å². The second-order valence-electron chi connectivity index (χ2n) is 4.82. The third kappa shape index (κ3) is 4.73. The van der Waals surface area contributed by atoms with Gasteiger partial charge in [0.2, 0.25) is 0 Å². The lowest BCUT2D eigenvalue weighted by atomic mass is 10.1. The molecule has 1 heterocycles. The van der Waals surface area contributed by atoms with Crippen LogP contribution in [0.25, 0.3) is 0 Å². The Balaban J connectivity index is 2.53. The molecule has 1 aliphatic rings. The van der Waals surface area contributed by atoms with E-state index in [1.807, 2.05) is 13.8 Å². The molecule has 0 aromatic heterocycles. The van der Waals surface area contributed by atoms with Crippen LogP contribution in [0.1, 0.15) is 33.1 Å². The van der Waals surface area contributed by atoms with E-state index in [0.29, 0.717) is 19.1 Å². The number of rotatable bonds is 6. The van der Waals surface area contributed by atoms with Gasteiger partial charge in [0.05, 0.1) is 6.42 Å². The van der Waals surface area contributed by atoms with E-state index in [4.69, 9.17) is 9.84 Å². The smallest absolute Gasteiger partial charge is 0.305 e. The van der Waals surface area contributed by atoms with E-state index < -0.39 is 5.97 Å². The van der Waals surface area contributed by atoms with Crippen LogP contribution >= 0.6 is 0 Å². The topological polar surface area (TPSA) is 66.8 Å². The van der Waals surface area contributed by atoms with Crippen LogP contribution in [-0.4, -0.2) is 47.7 Å². The number of carboxylic acid groups (broad SMARTS) is 1. The van der Waals surface area contributed by atoms with Gasteiger partial charge in [0.15, 0.2) is 0 Å². The number of nitrogens with zero attached hydrogens (tertiary/aromatic N) is 1. The maximum atomic E-state index is 12.1. The zero-order valence-corrected chi connectivity index (χ0v) is 10.5. The number of carbonyl (C=O) groups excluding carboxylic acids is 1. The van der Waals surface area contributed by atoms with Gasteiger partial charge in [0.25, 0.3) is 5.91 Å². The van der Waals surface area contributed by atoms with E-state index in [9.17, 15) is 9.59 Å². The molecule has 0 aliphatic carbocycles. The van der Waals surface area contributed by atoms with E-state index in [1.165, 1.54) is 0 Å². The molecule has 5 nitrogen and oxygen atoms in total. The molecule has 1 aliphatic heterocycles. The quantitative estimate of drug-likeness (QED) is 0.759. The highest BCUT2D eigenvalue weighted by Gasteiger charge is 2.28. The number of ether oxygens (including phenoxy) is 1. The first kappa shape index (κ1) is 14.0. The van der Waals surface area contributed by atoms with E-state index >= 15 is 0 Å². The Morgan fingerprint density at radius 1 is 1.47 bits per heavy atom. The Labute approximate surface area is 102 Å². The molecular weight excluding hydrogens is 222 g/mol. The minimum atomic E-state index is -0.876. The molecular formula is C12H21NO4. The third-order valence-corrected chi connectivity index (χ3v) is 2.70. The predicted octanol–water partition coefficient (Wildman–Crippen LogP) is 1.12. The highest BCUT2D eigenvalue weighted by molar-refractivity contribution is 5.81. The summed E-state index contributed by atoms with van der Waals surface area (Å²) in [4.78, 5) is 24.3. The normalized spacial score (nSPS) is 19.6. The molecule has 0 aromatic rings. The SMILES string of the molecule is CC(C)CN(CCC(=O)O)C(=O)C1CCCO1. The molecule has 1 fully saturated rings. The summed E-state index contributed by atoms with van der Waals surface area (Å²) in [6.45, 7) is 5.51. The van der Waals surface area contributed by atoms with Gasteiger partial charge >= 0.3 is 5.97 Å². The molecule has 1 unspecified atom stereocenters. The molecule has 0 radical (unpaired) electrons. The maximum Gasteiger partial charge on any atom is 0.305 e. The fraction of sp³-hybridized carbons (Fsp3) is 0.833. The second kappa shape index (κ2) is 6.59. The van der Waals surface area contributed by atoms with Crippen molar-refractivity contribution in [1.29, 1.82) is 0 Å². The zero-order chi connectivity index (χ0) is 12.8. The minimum Gasteiger partial charge on any atom is -0.481 e. The molecule has 1 saturated heterocycles. The standard InChI is InChI=1S/C12H21NO4/c1-9(2)8-13(6-5-11(14)15)12(16)10-4-3-7-17-10/h9-10H,3-8H2,1-2H3,(H,14,15). The van der Waals surface area contributed by atoms with Gasteiger partial charge in [-0.1, -0.05) is 13.8 Å². The number of hydrogen-bond acceptors (Lipinski definition) is 3. The largest absolute Gasteiger partial charge is 0.481 e. The fourth-order valence-electron chi connectivity index (χ4n) is 1.94. The average Bonchev–Trinajstić information content (AvgIpc) is 2.75. The van der Waals surface area contributed by atoms with Crippen LogP contribution in [0.4, 0.5) is 0 Å². The van der Waals surface area contributed by atoms with Crippen LogP contribution in [0.5, 0.6) is 0 Å². The molecule has 1 amide bonds. The van der Waals surface area contributed by atoms with Gasteiger partial charge in [-0.3, -0.25) is 9.59 Å². The van der Waals surface area contributed by atoms with Crippen LogP contribution in [0, 0.1) is 5.92 Å². The summed E-state index contributed by atoms with van der Waals surface area (Å²) in [5.74, 6) is -0.606. The van der Waals surface area contributed by atoms with Crippen molar-refractivity contribution in [2.24, 2.45) is 5.92 Å². The van der Waals surface area contributed by atoms with Crippen LogP contribution < -0.4 is 0 Å². The molecule has 1 atom stereocenters. The van der Waals surface area contributed by atoms with Gasteiger partial charge in [-0.05, 0) is 18.8 Å². The summed E-state index contributed by atoms with van der Waals surface area (Å²) in [5, 5.41) is 8.67. The van der Waals surface area contributed by atoms with E-state index in [2.05, 4.69) is 0 Å². The van der Waals surface area contributed by atoms with Crippen molar-refractivity contribution in [1.82, 2.24) is 4.90 Å². The summed E-state index contributed by atoms with van der Waals surface area (Å²) in [7, 11) is 0. The van der Waals surface area contributed by atoms with Gasteiger partial charge in [-0.25, -0.2) is 0 Å². The summed E-state index contributed by atoms with van der Waals surface area (Å²) in [5.41, 5.74) is 0. The zero-order valence-electron chi connectivity index (χ0n) is 10.5. The van der Waals surface area contributed by atoms with Crippen LogP contribution in [-0.2, 0) is 14.3 Å². The summed E-state index contributed by atoms with van der Waals surface area (Å²) >= 11 is 0. The van der Waals surface area contributed by atoms with Gasteiger partial charge < -0.3 is 14.7 Å². The van der Waals surface area contributed by atoms with E-state index in [-0.39, 0.29) is 25.0 Å². The monoisotopic (exact) mass is 243 g/mol. The highest BCUT2D eigenvalue weighted by Crippen LogP contribution is 2.15. The Hall–Kier alpha value is -1.10. The van der Waals surface area contributed by atoms with Crippen molar-refractivity contribution in [2.75, 3.05) is 19.7 Å². The van der Waals surface area contributed by atoms with Crippen molar-refractivity contribution < 1.29 is 19.4 Å². The van der Waals surface area contributed by atoms with Crippen molar-refractivity contribution in [2.45, 2.75) is 39.2 Å². The number of carbonyl (C=O) groups is 2. The lowest BCUT2D eigenvalue weighted by Gasteiger charge is -2.26. The van der Waals surface area contributed by atoms with Gasteiger partial charge in [-0.2, -0.15) is 0 Å². The fourth-order valence-corrected chi connectivity index (χ4v) is 1.94. The molecule has 1 rings (SSSR count). The first-order chi connectivity index (χ1) is 8.00. The number of aliphatic carboxylic acids is 1. The predicted molar refractivity (Wildman–Crippen MR) is 62.6 cm³/mol. The Bertz CT molecular complexity index is 272. The average molecular weight is 243 g/mol. The van der Waals surface area contributed by atoms with Crippen molar-refractivity contribution in [3.05, 3.63) is 0 Å². The molecule has 0 spiro atoms. The maximum absolute atomic E-state index is 12.1. The Morgan fingerprint density at radius 2 is 2.18 bits per heavy atom. The summed E-state index contributed by atoms with van der Waals surface area (Å²) < 4.78 is 5.35. The second-order valence-corrected chi connectivity index (χ2v) is 4.82. The minimum absolute atomic E-state index is 0.00875. The molecule has 17 heavy (non-hydrogen) atoms. The number of hydrogen-bond donors (Lipinski definition) is 1. The Morgan fingerprint density at radius 3 is 2.65 bits per heavy atom. The van der Waals surface area contributed by atoms with Gasteiger partial charge in [0, 0.05) is 19.7 Å². The molecule has 1 N–H and O–H groups in total. The van der Waals surface area contributed by atoms with E-state index in [0.717, 1.165) is 12.8 Å². The van der Waals surface area contributed by atoms with Gasteiger partial charge in [0.1, 0.15) is 6.10 Å². The molecule has 5 heteroatoms. The first-order valence-corrected chi connectivity index (χ1v) is 6.13. The van der Waals surface area contributed by atoms with Crippen LogP contribution in [0.2, 0.25) is 0 Å². The van der Waals surface area contributed by atoms with E-state index in [1.54, 1.807) is 4.90 Å². The lowest BCUT2D eigenvalue weighted by Crippen LogP contribution is -2.42. The summed E-state index contributed by atoms with van der Waals surface area (Å²) in [6, 6.07) is 0. The molecule has 98 valence electrons. The highest BCUT2D eigenvalue weighted by atomic mass is 16.5. The molecule has 0 bridgehead atoms. The Kier molecular flexibility index (Phi) is 5.41. The third-order valence-electron chi connectivity index (χ3n) is 2.70. The number of amides is 1. The van der Waals surface area contributed by atoms with Crippen LogP contribution in [0.3, 0.4) is 0 Å². The molecule has 0 saturated carbocycles. The van der Waals surface area contributed by atoms with Gasteiger partial charge in [-0.15, -0.1) is 0 Å². The van der Waals surface area contributed by atoms with Crippen molar-refractivity contribution in [3.8, 4) is 0 Å². The first-order valence-electron chi connectivity index (χ1n) is 6.13. The lowest BCUT2D eigenvalue weighted by molar-refractivity contribution is -0.143. The van der Waals surface area contributed by atoms with Crippen molar-refractivity contribution >= 4 is 11.9 Å². The van der Waals surface area contributed by atoms with Crippen molar-refractivity contribution in [3.63, 3.8) is 0 Å². The number of carboxylic acids is 1.